The molecule has 0 atom stereocenters. The summed E-state index contributed by atoms with van der Waals surface area (Å²) in [5.74, 6) is 1.07. The van der Waals surface area contributed by atoms with E-state index in [1.807, 2.05) is 28.7 Å². The highest BCUT2D eigenvalue weighted by molar-refractivity contribution is 7.89. The lowest BCUT2D eigenvalue weighted by molar-refractivity contribution is 0.346. The number of aromatic nitrogens is 4. The van der Waals surface area contributed by atoms with E-state index in [9.17, 15) is 13.2 Å². The third-order valence-electron chi connectivity index (χ3n) is 5.93. The maximum Gasteiger partial charge on any atom is 0.262 e. The van der Waals surface area contributed by atoms with Crippen molar-refractivity contribution in [3.63, 3.8) is 0 Å². The number of nitrogens with zero attached hydrogens (tertiary/aromatic N) is 5. The van der Waals surface area contributed by atoms with Crippen LogP contribution in [0, 0.1) is 0 Å². The zero-order chi connectivity index (χ0) is 22.3. The van der Waals surface area contributed by atoms with Gasteiger partial charge in [-0.3, -0.25) is 13.8 Å². The Labute approximate surface area is 185 Å². The molecule has 0 spiro atoms. The standard InChI is InChI=1S/C22H24N6O3S/c1-26-21(29)18-10-3-4-11-19(18)28-20(24-25-22(26)28)15-23-16-8-7-9-17(14-16)32(30,31)27-12-5-2-6-13-27/h3-4,7-11,14,23H,2,5-6,12-13,15H2,1H3. The number of rotatable bonds is 5. The van der Waals surface area contributed by atoms with Crippen LogP contribution < -0.4 is 10.9 Å². The van der Waals surface area contributed by atoms with E-state index in [0.717, 1.165) is 24.8 Å². The van der Waals surface area contributed by atoms with Gasteiger partial charge in [-0.1, -0.05) is 24.6 Å². The minimum atomic E-state index is -3.51. The molecule has 0 aliphatic carbocycles. The average molecular weight is 453 g/mol. The fraction of sp³-hybridized carbons (Fsp3) is 0.318. The fourth-order valence-electron chi connectivity index (χ4n) is 4.21. The Bertz CT molecular complexity index is 1470. The van der Waals surface area contributed by atoms with E-state index < -0.39 is 10.0 Å². The maximum atomic E-state index is 13.0. The lowest BCUT2D eigenvalue weighted by Gasteiger charge is -2.26. The second-order valence-corrected chi connectivity index (χ2v) is 9.92. The first-order valence-corrected chi connectivity index (χ1v) is 12.1. The smallest absolute Gasteiger partial charge is 0.262 e. The molecule has 4 aromatic rings. The fourth-order valence-corrected chi connectivity index (χ4v) is 5.77. The molecule has 10 heteroatoms. The first-order chi connectivity index (χ1) is 15.5. The van der Waals surface area contributed by atoms with Crippen molar-refractivity contribution in [2.75, 3.05) is 18.4 Å². The Kier molecular flexibility index (Phi) is 5.18. The Hall–Kier alpha value is -3.24. The SMILES string of the molecule is Cn1c(=O)c2ccccc2n2c(CNc3cccc(S(=O)(=O)N4CCCCC4)c3)nnc12. The van der Waals surface area contributed by atoms with Gasteiger partial charge >= 0.3 is 0 Å². The van der Waals surface area contributed by atoms with Gasteiger partial charge in [0.1, 0.15) is 0 Å². The van der Waals surface area contributed by atoms with Gasteiger partial charge in [0.05, 0.1) is 22.3 Å². The van der Waals surface area contributed by atoms with Gasteiger partial charge in [0, 0.05) is 25.8 Å². The van der Waals surface area contributed by atoms with E-state index in [4.69, 9.17) is 0 Å². The lowest BCUT2D eigenvalue weighted by atomic mass is 10.2. The highest BCUT2D eigenvalue weighted by atomic mass is 32.2. The molecule has 3 heterocycles. The van der Waals surface area contributed by atoms with Crippen molar-refractivity contribution >= 4 is 32.4 Å². The topological polar surface area (TPSA) is 102 Å². The zero-order valence-electron chi connectivity index (χ0n) is 17.7. The van der Waals surface area contributed by atoms with Crippen molar-refractivity contribution in [1.29, 1.82) is 0 Å². The predicted molar refractivity (Wildman–Crippen MR) is 122 cm³/mol. The van der Waals surface area contributed by atoms with Gasteiger partial charge < -0.3 is 5.32 Å². The van der Waals surface area contributed by atoms with E-state index in [0.29, 0.717) is 42.3 Å². The highest BCUT2D eigenvalue weighted by Gasteiger charge is 2.26. The molecule has 1 aliphatic rings. The van der Waals surface area contributed by atoms with Gasteiger partial charge in [0.2, 0.25) is 15.8 Å². The van der Waals surface area contributed by atoms with Crippen molar-refractivity contribution in [2.45, 2.75) is 30.7 Å². The summed E-state index contributed by atoms with van der Waals surface area (Å²) in [6.45, 7) is 1.45. The minimum Gasteiger partial charge on any atom is -0.378 e. The molecule has 0 saturated carbocycles. The number of sulfonamides is 1. The Morgan fingerprint density at radius 2 is 1.78 bits per heavy atom. The maximum absolute atomic E-state index is 13.0. The first-order valence-electron chi connectivity index (χ1n) is 10.6. The number of fused-ring (bicyclic) bond motifs is 3. The van der Waals surface area contributed by atoms with Crippen LogP contribution in [0.3, 0.4) is 0 Å². The average Bonchev–Trinajstić information content (AvgIpc) is 3.26. The van der Waals surface area contributed by atoms with Crippen molar-refractivity contribution in [1.82, 2.24) is 23.5 Å². The number of aryl methyl sites for hydroxylation is 1. The quantitative estimate of drug-likeness (QED) is 0.499. The van der Waals surface area contributed by atoms with Crippen molar-refractivity contribution in [3.8, 4) is 0 Å². The van der Waals surface area contributed by atoms with Crippen LogP contribution in [-0.2, 0) is 23.6 Å². The lowest BCUT2D eigenvalue weighted by Crippen LogP contribution is -2.35. The summed E-state index contributed by atoms with van der Waals surface area (Å²) < 4.78 is 30.9. The van der Waals surface area contributed by atoms with Crippen LogP contribution >= 0.6 is 0 Å². The van der Waals surface area contributed by atoms with E-state index in [1.54, 1.807) is 35.6 Å². The van der Waals surface area contributed by atoms with E-state index in [2.05, 4.69) is 15.5 Å². The molecule has 0 unspecified atom stereocenters. The molecule has 0 radical (unpaired) electrons. The molecule has 9 nitrogen and oxygen atoms in total. The van der Waals surface area contributed by atoms with Crippen LogP contribution in [0.5, 0.6) is 0 Å². The largest absolute Gasteiger partial charge is 0.378 e. The second-order valence-electron chi connectivity index (χ2n) is 7.98. The molecule has 1 aliphatic heterocycles. The van der Waals surface area contributed by atoms with Crippen molar-refractivity contribution in [3.05, 3.63) is 64.7 Å². The van der Waals surface area contributed by atoms with E-state index >= 15 is 0 Å². The molecule has 1 saturated heterocycles. The Morgan fingerprint density at radius 3 is 2.59 bits per heavy atom. The van der Waals surface area contributed by atoms with Gasteiger partial charge in [-0.25, -0.2) is 8.42 Å². The molecular weight excluding hydrogens is 428 g/mol. The van der Waals surface area contributed by atoms with Crippen LogP contribution in [0.15, 0.2) is 58.2 Å². The molecule has 2 aromatic carbocycles. The summed E-state index contributed by atoms with van der Waals surface area (Å²) >= 11 is 0. The predicted octanol–water partition coefficient (Wildman–Crippen LogP) is 2.37. The Morgan fingerprint density at radius 1 is 1.00 bits per heavy atom. The van der Waals surface area contributed by atoms with Crippen molar-refractivity contribution in [2.24, 2.45) is 7.05 Å². The second kappa shape index (κ2) is 8.03. The minimum absolute atomic E-state index is 0.129. The summed E-state index contributed by atoms with van der Waals surface area (Å²) in [4.78, 5) is 12.9. The number of nitrogens with one attached hydrogen (secondary N) is 1. The molecule has 5 rings (SSSR count). The van der Waals surface area contributed by atoms with Crippen LogP contribution in [-0.4, -0.2) is 45.0 Å². The van der Waals surface area contributed by atoms with Crippen LogP contribution in [0.2, 0.25) is 0 Å². The summed E-state index contributed by atoms with van der Waals surface area (Å²) in [7, 11) is -1.84. The van der Waals surface area contributed by atoms with Gasteiger partial charge in [0.15, 0.2) is 5.82 Å². The van der Waals surface area contributed by atoms with E-state index in [1.165, 1.54) is 4.57 Å². The Balaban J connectivity index is 1.46. The summed E-state index contributed by atoms with van der Waals surface area (Å²) in [5, 5.41) is 12.3. The number of piperidine rings is 1. The molecule has 0 bridgehead atoms. The third-order valence-corrected chi connectivity index (χ3v) is 7.83. The third kappa shape index (κ3) is 3.45. The number of hydrogen-bond donors (Lipinski definition) is 1. The molecule has 2 aromatic heterocycles. The number of hydrogen-bond acceptors (Lipinski definition) is 6. The van der Waals surface area contributed by atoms with Gasteiger partial charge in [0.25, 0.3) is 5.56 Å². The zero-order valence-corrected chi connectivity index (χ0v) is 18.5. The molecule has 1 fully saturated rings. The number of para-hydroxylation sites is 1. The van der Waals surface area contributed by atoms with E-state index in [-0.39, 0.29) is 10.5 Å². The highest BCUT2D eigenvalue weighted by Crippen LogP contribution is 2.23. The van der Waals surface area contributed by atoms with Gasteiger partial charge in [-0.15, -0.1) is 10.2 Å². The number of benzene rings is 2. The van der Waals surface area contributed by atoms with Gasteiger partial charge in [-0.05, 0) is 43.2 Å². The monoisotopic (exact) mass is 452 g/mol. The summed E-state index contributed by atoms with van der Waals surface area (Å²) in [6, 6.07) is 14.2. The molecule has 32 heavy (non-hydrogen) atoms. The van der Waals surface area contributed by atoms with Crippen LogP contribution in [0.4, 0.5) is 5.69 Å². The molecule has 1 N–H and O–H groups in total. The molecule has 0 amide bonds. The first kappa shape index (κ1) is 20.7. The van der Waals surface area contributed by atoms with Gasteiger partial charge in [-0.2, -0.15) is 4.31 Å². The molecule has 166 valence electrons. The normalized spacial score (nSPS) is 15.4. The van der Waals surface area contributed by atoms with Crippen LogP contribution in [0.25, 0.3) is 16.7 Å². The summed E-state index contributed by atoms with van der Waals surface area (Å²) in [5.41, 5.74) is 1.28. The van der Waals surface area contributed by atoms with Crippen molar-refractivity contribution < 1.29 is 8.42 Å². The number of anilines is 1. The van der Waals surface area contributed by atoms with Crippen LogP contribution in [0.1, 0.15) is 25.1 Å². The summed E-state index contributed by atoms with van der Waals surface area (Å²) in [6.07, 6.45) is 2.86. The molecular formula is C22H24N6O3S.